The molecule has 3 aromatic rings. The van der Waals surface area contributed by atoms with Crippen LogP contribution in [0.3, 0.4) is 0 Å². The Bertz CT molecular complexity index is 2450. The lowest BCUT2D eigenvalue weighted by Gasteiger charge is -2.25. The van der Waals surface area contributed by atoms with E-state index in [1.54, 1.807) is 53.1 Å². The van der Waals surface area contributed by atoms with Gasteiger partial charge in [-0.15, -0.1) is 0 Å². The average Bonchev–Trinajstić information content (AvgIpc) is 3.43. The number of rotatable bonds is 20. The van der Waals surface area contributed by atoms with Crippen LogP contribution in [-0.2, 0) is 4.79 Å². The molecule has 1 unspecified atom stereocenters. The van der Waals surface area contributed by atoms with Crippen molar-refractivity contribution >= 4 is 40.3 Å². The van der Waals surface area contributed by atoms with Gasteiger partial charge in [0.15, 0.2) is 0 Å². The fourth-order valence-corrected chi connectivity index (χ4v) is 8.79. The van der Waals surface area contributed by atoms with E-state index in [0.717, 1.165) is 43.9 Å². The Balaban J connectivity index is 0.000000349. The Kier molecular flexibility index (Phi) is 24.3. The predicted octanol–water partition coefficient (Wildman–Crippen LogP) is 14.1. The van der Waals surface area contributed by atoms with Crippen LogP contribution >= 0.6 is 0 Å². The topological polar surface area (TPSA) is 168 Å². The van der Waals surface area contributed by atoms with E-state index >= 15 is 0 Å². The van der Waals surface area contributed by atoms with Crippen LogP contribution in [0.4, 0.5) is 28.4 Å². The number of phenols is 5. The number of carbonyl (C=O) groups excluding carboxylic acids is 2. The molecule has 1 atom stereocenters. The third-order valence-corrected chi connectivity index (χ3v) is 13.2. The summed E-state index contributed by atoms with van der Waals surface area (Å²) in [5.41, 5.74) is 6.75. The molecule has 0 fully saturated rings. The van der Waals surface area contributed by atoms with Crippen LogP contribution in [0.25, 0.3) is 0 Å². The maximum absolute atomic E-state index is 13.6. The van der Waals surface area contributed by atoms with Gasteiger partial charge in [0.05, 0.1) is 34.8 Å². The number of amides is 2. The zero-order chi connectivity index (χ0) is 53.8. The Morgan fingerprint density at radius 3 is 1.62 bits per heavy atom. The van der Waals surface area contributed by atoms with Gasteiger partial charge in [0.1, 0.15) is 40.1 Å². The second-order valence-electron chi connectivity index (χ2n) is 20.3. The molecule has 12 heteroatoms. The van der Waals surface area contributed by atoms with Crippen molar-refractivity contribution in [1.82, 2.24) is 0 Å². The summed E-state index contributed by atoms with van der Waals surface area (Å²) in [5.74, 6) is 1.07. The summed E-state index contributed by atoms with van der Waals surface area (Å²) in [6.45, 7) is 28.2. The van der Waals surface area contributed by atoms with E-state index in [0.29, 0.717) is 58.7 Å². The zero-order valence-electron chi connectivity index (χ0n) is 45.3. The molecule has 0 spiro atoms. The number of hydrogen-bond donors (Lipinski definition) is 6. The van der Waals surface area contributed by atoms with Gasteiger partial charge in [-0.05, 0) is 96.1 Å². The molecule has 0 aliphatic carbocycles. The molecule has 2 aliphatic heterocycles. The van der Waals surface area contributed by atoms with Crippen molar-refractivity contribution in [3.63, 3.8) is 0 Å². The Morgan fingerprint density at radius 2 is 1.10 bits per heavy atom. The van der Waals surface area contributed by atoms with Gasteiger partial charge in [-0.3, -0.25) is 9.59 Å². The SMILES string of the molecule is C/C(=C\CN1C(=O)c2cccc(O)c2N(C)c2c(O)cc(O)cc21)CCCC(C)CCCC(C)C.C/C=C\CO.C=C1C(=C)N(C)c2c(O)cc(O)cc2N(C/C=C(\C)CC/C=C(\C)CCCC(C)C)C1=O. The fourth-order valence-electron chi connectivity index (χ4n) is 8.79. The van der Waals surface area contributed by atoms with Gasteiger partial charge in [-0.25, -0.2) is 0 Å². The summed E-state index contributed by atoms with van der Waals surface area (Å²) in [7, 11) is 3.41. The number of benzene rings is 3. The standard InChI is InChI=1S/C29H40N2O4.C27H38N2O3.C4H8O/c1-19(2)9-6-10-20(3)11-7-12-21(4)15-16-31-24-17-22(32)18-26(34)28(24)30(5)27-23(29(31)35)13-8-14-25(27)33;1-18(2)10-8-11-19(3)12-9-13-20(4)14-15-29-24-16-23(30)17-25(31)26(24)28(7)22(6)21(5)27(29)32;1-2-3-4-5/h8,13-15,17-20,32-34H,6-7,9-12,16H2,1-5H3;12,14,16-18,30-31H,5-6,8-11,13,15H2,1-4,7H3;2-3,5H,4H2,1H3/b21-15+;19-12+,20-14+;3-2-. The first-order valence-corrected chi connectivity index (χ1v) is 25.7. The van der Waals surface area contributed by atoms with E-state index in [-0.39, 0.29) is 52.7 Å². The van der Waals surface area contributed by atoms with Crippen LogP contribution in [0.5, 0.6) is 28.7 Å². The van der Waals surface area contributed by atoms with Crippen molar-refractivity contribution in [2.24, 2.45) is 17.8 Å². The third kappa shape index (κ3) is 17.4. The monoisotopic (exact) mass is 991 g/mol. The van der Waals surface area contributed by atoms with Crippen LogP contribution in [0.15, 0.2) is 114 Å². The van der Waals surface area contributed by atoms with Crippen molar-refractivity contribution in [3.05, 3.63) is 120 Å². The van der Waals surface area contributed by atoms with E-state index < -0.39 is 0 Å². The highest BCUT2D eigenvalue weighted by Gasteiger charge is 2.34. The largest absolute Gasteiger partial charge is 0.508 e. The first-order chi connectivity index (χ1) is 34.0. The molecule has 0 radical (unpaired) electrons. The number of nitrogens with zero attached hydrogens (tertiary/aromatic N) is 4. The smallest absolute Gasteiger partial charge is 0.260 e. The van der Waals surface area contributed by atoms with E-state index in [2.05, 4.69) is 74.6 Å². The van der Waals surface area contributed by atoms with Gasteiger partial charge in [0.2, 0.25) is 0 Å². The van der Waals surface area contributed by atoms with Gasteiger partial charge < -0.3 is 50.2 Å². The van der Waals surface area contributed by atoms with Crippen molar-refractivity contribution in [2.45, 2.75) is 133 Å². The van der Waals surface area contributed by atoms with Crippen molar-refractivity contribution in [2.75, 3.05) is 53.4 Å². The molecule has 2 aliphatic rings. The number of likely N-dealkylation sites (N-methyl/N-ethyl adjacent to an activating group) is 1. The van der Waals surface area contributed by atoms with Crippen LogP contribution in [0, 0.1) is 17.8 Å². The number of phenolic OH excluding ortho intramolecular Hbond substituents is 5. The third-order valence-electron chi connectivity index (χ3n) is 13.2. The van der Waals surface area contributed by atoms with Gasteiger partial charge in [0.25, 0.3) is 11.8 Å². The van der Waals surface area contributed by atoms with E-state index in [1.165, 1.54) is 90.5 Å². The zero-order valence-corrected chi connectivity index (χ0v) is 45.3. The van der Waals surface area contributed by atoms with Crippen LogP contribution in [-0.4, -0.2) is 76.2 Å². The van der Waals surface area contributed by atoms with E-state index in [4.69, 9.17) is 5.11 Å². The number of allylic oxidation sites excluding steroid dienone is 5. The van der Waals surface area contributed by atoms with Crippen LogP contribution in [0.1, 0.15) is 143 Å². The number of fused-ring (bicyclic) bond motifs is 3. The highest BCUT2D eigenvalue weighted by Crippen LogP contribution is 2.49. The molecular weight excluding hydrogens is 905 g/mol. The first kappa shape index (κ1) is 59.9. The predicted molar refractivity (Wildman–Crippen MR) is 299 cm³/mol. The molecule has 0 saturated heterocycles. The highest BCUT2D eigenvalue weighted by molar-refractivity contribution is 6.16. The normalized spacial score (nSPS) is 14.7. The minimum Gasteiger partial charge on any atom is -0.508 e. The lowest BCUT2D eigenvalue weighted by atomic mass is 9.94. The van der Waals surface area contributed by atoms with Crippen molar-refractivity contribution in [1.29, 1.82) is 0 Å². The fraction of sp³-hybridized carbons (Fsp3) is 0.467. The number of hydrogen-bond acceptors (Lipinski definition) is 10. The molecule has 0 aromatic heterocycles. The Morgan fingerprint density at radius 1 is 0.611 bits per heavy atom. The van der Waals surface area contributed by atoms with Gasteiger partial charge in [-0.1, -0.05) is 133 Å². The van der Waals surface area contributed by atoms with Gasteiger partial charge >= 0.3 is 0 Å². The summed E-state index contributed by atoms with van der Waals surface area (Å²) in [6.07, 6.45) is 22.5. The minimum atomic E-state index is -0.297. The second kappa shape index (κ2) is 29.2. The van der Waals surface area contributed by atoms with E-state index in [9.17, 15) is 35.1 Å². The van der Waals surface area contributed by atoms with Crippen LogP contribution < -0.4 is 19.6 Å². The van der Waals surface area contributed by atoms with Crippen molar-refractivity contribution < 1.29 is 40.2 Å². The summed E-state index contributed by atoms with van der Waals surface area (Å²) in [4.78, 5) is 33.0. The summed E-state index contributed by atoms with van der Waals surface area (Å²) >= 11 is 0. The summed E-state index contributed by atoms with van der Waals surface area (Å²) < 4.78 is 0. The number of aromatic hydroxyl groups is 5. The number of carbonyl (C=O) groups is 2. The summed E-state index contributed by atoms with van der Waals surface area (Å²) in [5, 5.41) is 59.8. The lowest BCUT2D eigenvalue weighted by Crippen LogP contribution is -2.31. The molecule has 12 nitrogen and oxygen atoms in total. The molecule has 0 saturated carbocycles. The Hall–Kier alpha value is -6.40. The Labute approximate surface area is 431 Å². The molecule has 5 rings (SSSR count). The number of para-hydroxylation sites is 1. The minimum absolute atomic E-state index is 0.0483. The van der Waals surface area contributed by atoms with E-state index in [1.807, 2.05) is 19.1 Å². The summed E-state index contributed by atoms with van der Waals surface area (Å²) in [6, 6.07) is 10.3. The lowest BCUT2D eigenvalue weighted by molar-refractivity contribution is -0.114. The number of anilines is 5. The molecule has 0 bridgehead atoms. The molecule has 3 aromatic carbocycles. The van der Waals surface area contributed by atoms with Crippen molar-refractivity contribution in [3.8, 4) is 28.7 Å². The molecule has 394 valence electrons. The maximum atomic E-state index is 13.6. The first-order valence-electron chi connectivity index (χ1n) is 25.7. The number of aliphatic hydroxyl groups is 1. The molecular formula is C60H86N4O8. The second-order valence-corrected chi connectivity index (χ2v) is 20.3. The molecule has 72 heavy (non-hydrogen) atoms. The highest BCUT2D eigenvalue weighted by atomic mass is 16.3. The molecule has 6 N–H and O–H groups in total. The molecule has 2 amide bonds. The van der Waals surface area contributed by atoms with Crippen LogP contribution in [0.2, 0.25) is 0 Å². The maximum Gasteiger partial charge on any atom is 0.260 e. The quantitative estimate of drug-likeness (QED) is 0.0473. The van der Waals surface area contributed by atoms with Gasteiger partial charge in [-0.2, -0.15) is 0 Å². The van der Waals surface area contributed by atoms with Gasteiger partial charge in [0, 0.05) is 57.1 Å². The molecule has 2 heterocycles. The average molecular weight is 991 g/mol. The number of aliphatic hydroxyl groups excluding tert-OH is 1.